The first-order valence-corrected chi connectivity index (χ1v) is 8.79. The van der Waals surface area contributed by atoms with Crippen LogP contribution in [0.25, 0.3) is 21.5 Å². The molecule has 0 aliphatic heterocycles. The number of hydrogen-bond donors (Lipinski definition) is 1. The maximum Gasteiger partial charge on any atom is 0.0346 e. The molecule has 0 atom stereocenters. The van der Waals surface area contributed by atoms with Crippen molar-refractivity contribution in [1.82, 2.24) is 10.3 Å². The molecule has 3 rings (SSSR count). The van der Waals surface area contributed by atoms with Gasteiger partial charge in [-0.15, -0.1) is 0 Å². The van der Waals surface area contributed by atoms with Crippen molar-refractivity contribution in [2.75, 3.05) is 13.1 Å². The van der Waals surface area contributed by atoms with Crippen LogP contribution in [-0.2, 0) is 0 Å². The maximum absolute atomic E-state index is 4.12. The van der Waals surface area contributed by atoms with Crippen molar-refractivity contribution in [2.45, 2.75) is 39.5 Å². The summed E-state index contributed by atoms with van der Waals surface area (Å²) in [6, 6.07) is 14.7. The number of unbranched alkanes of at least 4 members (excludes halogenated alkanes) is 2. The van der Waals surface area contributed by atoms with Gasteiger partial charge in [-0.2, -0.15) is 0 Å². The summed E-state index contributed by atoms with van der Waals surface area (Å²) in [6.45, 7) is 6.86. The van der Waals surface area contributed by atoms with Crippen LogP contribution in [0.2, 0.25) is 0 Å². The zero-order chi connectivity index (χ0) is 16.3. The van der Waals surface area contributed by atoms with Gasteiger partial charge in [0.25, 0.3) is 0 Å². The van der Waals surface area contributed by atoms with Gasteiger partial charge in [-0.1, -0.05) is 63.1 Å². The summed E-state index contributed by atoms with van der Waals surface area (Å²) in [4.78, 5) is 4.12. The molecule has 2 nitrogen and oxygen atoms in total. The lowest BCUT2D eigenvalue weighted by molar-refractivity contribution is 0.611. The number of nitrogens with zero attached hydrogens (tertiary/aromatic N) is 1. The fourth-order valence-corrected chi connectivity index (χ4v) is 2.58. The predicted molar refractivity (Wildman–Crippen MR) is 102 cm³/mol. The van der Waals surface area contributed by atoms with Crippen molar-refractivity contribution >= 4 is 21.5 Å². The van der Waals surface area contributed by atoms with E-state index in [0.29, 0.717) is 0 Å². The van der Waals surface area contributed by atoms with Crippen LogP contribution in [0.1, 0.15) is 39.5 Å². The minimum Gasteiger partial charge on any atom is -0.317 e. The molecule has 0 aliphatic rings. The molecule has 0 saturated carbocycles. The molecule has 0 spiro atoms. The zero-order valence-electron chi connectivity index (χ0n) is 14.4. The van der Waals surface area contributed by atoms with Crippen LogP contribution in [0, 0.1) is 0 Å². The number of nitrogens with one attached hydrogen (secondary N) is 1. The fourth-order valence-electron chi connectivity index (χ4n) is 2.58. The van der Waals surface area contributed by atoms with E-state index in [-0.39, 0.29) is 0 Å². The summed E-state index contributed by atoms with van der Waals surface area (Å²) < 4.78 is 0. The van der Waals surface area contributed by atoms with E-state index < -0.39 is 0 Å². The molecular formula is C21H28N2. The Morgan fingerprint density at radius 2 is 1.43 bits per heavy atom. The highest BCUT2D eigenvalue weighted by Crippen LogP contribution is 2.23. The number of aromatic nitrogens is 1. The molecule has 1 heterocycles. The first-order valence-electron chi connectivity index (χ1n) is 8.79. The van der Waals surface area contributed by atoms with Gasteiger partial charge in [-0.05, 0) is 48.2 Å². The van der Waals surface area contributed by atoms with Crippen molar-refractivity contribution in [3.05, 3.63) is 54.9 Å². The average Bonchev–Trinajstić information content (AvgIpc) is 2.62. The van der Waals surface area contributed by atoms with Crippen LogP contribution < -0.4 is 5.32 Å². The van der Waals surface area contributed by atoms with Crippen molar-refractivity contribution in [3.8, 4) is 0 Å². The molecule has 0 fully saturated rings. The molecule has 0 amide bonds. The zero-order valence-corrected chi connectivity index (χ0v) is 14.4. The second-order valence-electron chi connectivity index (χ2n) is 5.84. The third kappa shape index (κ3) is 5.33. The maximum atomic E-state index is 4.12. The lowest BCUT2D eigenvalue weighted by Gasteiger charge is -2.01. The smallest absolute Gasteiger partial charge is 0.0346 e. The largest absolute Gasteiger partial charge is 0.317 e. The highest BCUT2D eigenvalue weighted by atomic mass is 14.8. The van der Waals surface area contributed by atoms with E-state index in [2.05, 4.69) is 66.6 Å². The van der Waals surface area contributed by atoms with E-state index in [1.807, 2.05) is 12.4 Å². The van der Waals surface area contributed by atoms with Gasteiger partial charge in [-0.25, -0.2) is 0 Å². The number of benzene rings is 2. The Hall–Kier alpha value is -1.93. The molecule has 2 heteroatoms. The van der Waals surface area contributed by atoms with Gasteiger partial charge in [0.2, 0.25) is 0 Å². The first-order chi connectivity index (χ1) is 11.4. The van der Waals surface area contributed by atoms with Gasteiger partial charge in [0.1, 0.15) is 0 Å². The molecule has 0 saturated heterocycles. The SMILES string of the molecule is CCCCNCCCC.c1ccc2c(c1)ccc1cnccc12. The Balaban J connectivity index is 0.000000188. The summed E-state index contributed by atoms with van der Waals surface area (Å²) in [5.41, 5.74) is 0. The Kier molecular flexibility index (Phi) is 7.55. The second kappa shape index (κ2) is 9.96. The monoisotopic (exact) mass is 308 g/mol. The van der Waals surface area contributed by atoms with Crippen LogP contribution in [0.3, 0.4) is 0 Å². The standard InChI is InChI=1S/C13H9N.C8H19N/c1-2-4-12-10(3-1)5-6-11-9-14-8-7-13(11)12;1-3-5-7-9-8-6-4-2/h1-9H;9H,3-8H2,1-2H3. The van der Waals surface area contributed by atoms with E-state index in [0.717, 1.165) is 0 Å². The predicted octanol–water partition coefficient (Wildman–Crippen LogP) is 5.56. The number of rotatable bonds is 6. The molecule has 2 aromatic carbocycles. The summed E-state index contributed by atoms with van der Waals surface area (Å²) in [7, 11) is 0. The summed E-state index contributed by atoms with van der Waals surface area (Å²) >= 11 is 0. The van der Waals surface area contributed by atoms with Gasteiger partial charge in [0.15, 0.2) is 0 Å². The first kappa shape index (κ1) is 17.4. The highest BCUT2D eigenvalue weighted by molar-refractivity contribution is 6.06. The molecule has 122 valence electrons. The number of pyridine rings is 1. The van der Waals surface area contributed by atoms with Crippen LogP contribution >= 0.6 is 0 Å². The third-order valence-corrected chi connectivity index (χ3v) is 3.96. The molecule has 23 heavy (non-hydrogen) atoms. The molecule has 0 unspecified atom stereocenters. The summed E-state index contributed by atoms with van der Waals surface area (Å²) in [5.74, 6) is 0. The number of hydrogen-bond acceptors (Lipinski definition) is 2. The molecule has 0 aliphatic carbocycles. The fraction of sp³-hybridized carbons (Fsp3) is 0.381. The molecular weight excluding hydrogens is 280 g/mol. The molecule has 1 aromatic heterocycles. The molecule has 1 N–H and O–H groups in total. The van der Waals surface area contributed by atoms with Gasteiger partial charge in [-0.3, -0.25) is 4.98 Å². The Morgan fingerprint density at radius 1 is 0.783 bits per heavy atom. The van der Waals surface area contributed by atoms with Crippen molar-refractivity contribution in [3.63, 3.8) is 0 Å². The Labute approximate surface area is 139 Å². The average molecular weight is 308 g/mol. The van der Waals surface area contributed by atoms with E-state index in [9.17, 15) is 0 Å². The van der Waals surface area contributed by atoms with E-state index >= 15 is 0 Å². The van der Waals surface area contributed by atoms with Crippen LogP contribution in [0.15, 0.2) is 54.9 Å². The summed E-state index contributed by atoms with van der Waals surface area (Å²) in [6.07, 6.45) is 9.00. The second-order valence-corrected chi connectivity index (χ2v) is 5.84. The van der Waals surface area contributed by atoms with Gasteiger partial charge >= 0.3 is 0 Å². The highest BCUT2D eigenvalue weighted by Gasteiger charge is 1.97. The quantitative estimate of drug-likeness (QED) is 0.476. The Bertz CT molecular complexity index is 645. The van der Waals surface area contributed by atoms with E-state index in [1.165, 1.54) is 60.3 Å². The number of fused-ring (bicyclic) bond motifs is 3. The summed E-state index contributed by atoms with van der Waals surface area (Å²) in [5, 5.41) is 8.45. The topological polar surface area (TPSA) is 24.9 Å². The van der Waals surface area contributed by atoms with Gasteiger partial charge in [0.05, 0.1) is 0 Å². The van der Waals surface area contributed by atoms with Crippen molar-refractivity contribution in [2.24, 2.45) is 0 Å². The van der Waals surface area contributed by atoms with Crippen LogP contribution in [0.5, 0.6) is 0 Å². The van der Waals surface area contributed by atoms with Crippen molar-refractivity contribution in [1.29, 1.82) is 0 Å². The lowest BCUT2D eigenvalue weighted by atomic mass is 10.0. The van der Waals surface area contributed by atoms with Crippen LogP contribution in [0.4, 0.5) is 0 Å². The molecule has 0 radical (unpaired) electrons. The normalized spacial score (nSPS) is 10.5. The van der Waals surface area contributed by atoms with Crippen LogP contribution in [-0.4, -0.2) is 18.1 Å². The molecule has 3 aromatic rings. The molecule has 0 bridgehead atoms. The van der Waals surface area contributed by atoms with Gasteiger partial charge in [0, 0.05) is 17.8 Å². The minimum atomic E-state index is 1.20. The van der Waals surface area contributed by atoms with Gasteiger partial charge < -0.3 is 5.32 Å². The van der Waals surface area contributed by atoms with E-state index in [4.69, 9.17) is 0 Å². The Morgan fingerprint density at radius 3 is 2.17 bits per heavy atom. The lowest BCUT2D eigenvalue weighted by Crippen LogP contribution is -2.15. The van der Waals surface area contributed by atoms with Crippen molar-refractivity contribution < 1.29 is 0 Å². The third-order valence-electron chi connectivity index (χ3n) is 3.96. The van der Waals surface area contributed by atoms with E-state index in [1.54, 1.807) is 0 Å². The minimum absolute atomic E-state index is 1.20.